The Labute approximate surface area is 180 Å². The molecule has 0 aromatic carbocycles. The van der Waals surface area contributed by atoms with Gasteiger partial charge < -0.3 is 14.1 Å². The van der Waals surface area contributed by atoms with Gasteiger partial charge in [-0.1, -0.05) is 0 Å². The number of aromatic nitrogens is 4. The maximum Gasteiger partial charge on any atom is 0.522 e. The lowest BCUT2D eigenvalue weighted by Crippen LogP contribution is -2.76. The number of aryl methyl sites for hydroxylation is 1. The molecule has 4 saturated carbocycles. The Kier molecular flexibility index (Phi) is 3.88. The number of nitrogens with zero attached hydrogens (tertiary/aromatic N) is 4. The molecule has 3 aromatic heterocycles. The van der Waals surface area contributed by atoms with E-state index in [1.54, 1.807) is 6.20 Å². The first kappa shape index (κ1) is 19.7. The summed E-state index contributed by atoms with van der Waals surface area (Å²) in [5, 5.41) is 11.3. The van der Waals surface area contributed by atoms with Crippen LogP contribution in [0, 0.1) is 6.92 Å². The number of rotatable bonds is 5. The van der Waals surface area contributed by atoms with E-state index in [-0.39, 0.29) is 35.6 Å². The zero-order chi connectivity index (χ0) is 22.3. The van der Waals surface area contributed by atoms with E-state index in [4.69, 9.17) is 4.42 Å². The summed E-state index contributed by atoms with van der Waals surface area (Å²) < 4.78 is 48.5. The fourth-order valence-corrected chi connectivity index (χ4v) is 5.31. The Hall–Kier alpha value is -2.95. The molecule has 0 unspecified atom stereocenters. The number of pyridine rings is 1. The van der Waals surface area contributed by atoms with Gasteiger partial charge in [0, 0.05) is 23.9 Å². The molecule has 1 amide bonds. The Morgan fingerprint density at radius 1 is 1.28 bits per heavy atom. The summed E-state index contributed by atoms with van der Waals surface area (Å²) >= 11 is 0. The smallest absolute Gasteiger partial charge is 0.424 e. The number of halogens is 3. The maximum absolute atomic E-state index is 12.7. The number of carbonyl (C=O) groups excluding carboxylic acids is 1. The van der Waals surface area contributed by atoms with Crippen LogP contribution in [0.25, 0.3) is 5.65 Å². The number of carbonyl (C=O) groups is 1. The van der Waals surface area contributed by atoms with Crippen molar-refractivity contribution in [1.82, 2.24) is 24.9 Å². The van der Waals surface area contributed by atoms with Crippen LogP contribution in [0.15, 0.2) is 28.9 Å². The second kappa shape index (κ2) is 6.31. The molecule has 0 radical (unpaired) electrons. The Morgan fingerprint density at radius 3 is 2.75 bits per heavy atom. The highest BCUT2D eigenvalue weighted by atomic mass is 19.4. The average molecular weight is 447 g/mol. The third-order valence-corrected chi connectivity index (χ3v) is 6.90. The van der Waals surface area contributed by atoms with Gasteiger partial charge in [0.1, 0.15) is 11.3 Å². The van der Waals surface area contributed by atoms with Crippen LogP contribution in [0.5, 0.6) is 0 Å². The molecule has 4 aliphatic rings. The van der Waals surface area contributed by atoms with Gasteiger partial charge in [0.25, 0.3) is 5.91 Å². The van der Waals surface area contributed by atoms with E-state index in [0.29, 0.717) is 36.7 Å². The minimum Gasteiger partial charge on any atom is -0.424 e. The molecule has 3 aromatic rings. The summed E-state index contributed by atoms with van der Waals surface area (Å²) in [7, 11) is 0. The normalized spacial score (nSPS) is 31.0. The van der Waals surface area contributed by atoms with E-state index in [1.165, 1.54) is 0 Å². The molecule has 8 nitrogen and oxygen atoms in total. The van der Waals surface area contributed by atoms with Gasteiger partial charge in [-0.15, -0.1) is 23.4 Å². The van der Waals surface area contributed by atoms with Crippen LogP contribution in [0.2, 0.25) is 0 Å². The summed E-state index contributed by atoms with van der Waals surface area (Å²) in [5.41, 5.74) is 1.62. The van der Waals surface area contributed by atoms with E-state index in [9.17, 15) is 18.0 Å². The van der Waals surface area contributed by atoms with Crippen molar-refractivity contribution < 1.29 is 27.1 Å². The lowest BCUT2D eigenvalue weighted by atomic mass is 9.39. The fourth-order valence-electron chi connectivity index (χ4n) is 5.31. The second-order valence-electron chi connectivity index (χ2n) is 9.44. The molecule has 7 rings (SSSR count). The van der Waals surface area contributed by atoms with Crippen LogP contribution in [0.1, 0.15) is 65.9 Å². The molecular weight excluding hydrogens is 427 g/mol. The SMILES string of the molecule is Cc1ccn2cc(C(=O)NC34CC(c5nnc(C6CC(OC(F)(F)F)C6)o5)(C3)C4)nc2c1. The molecule has 168 valence electrons. The molecule has 2 bridgehead atoms. The summed E-state index contributed by atoms with van der Waals surface area (Å²) in [5.74, 6) is 0.455. The minimum atomic E-state index is -4.62. The third kappa shape index (κ3) is 3.09. The molecule has 0 aliphatic heterocycles. The second-order valence-corrected chi connectivity index (χ2v) is 9.44. The summed E-state index contributed by atoms with van der Waals surface area (Å²) in [6, 6.07) is 3.87. The summed E-state index contributed by atoms with van der Waals surface area (Å²) in [4.78, 5) is 17.1. The number of hydrogen-bond acceptors (Lipinski definition) is 6. The molecule has 0 spiro atoms. The topological polar surface area (TPSA) is 94.5 Å². The Morgan fingerprint density at radius 2 is 2.03 bits per heavy atom. The van der Waals surface area contributed by atoms with Crippen molar-refractivity contribution in [2.45, 2.75) is 68.4 Å². The fraction of sp³-hybridized carbons (Fsp3) is 0.524. The highest BCUT2D eigenvalue weighted by Gasteiger charge is 2.72. The average Bonchev–Trinajstić information content (AvgIpc) is 3.25. The number of hydrogen-bond donors (Lipinski definition) is 1. The predicted molar refractivity (Wildman–Crippen MR) is 103 cm³/mol. The number of imidazole rings is 1. The van der Waals surface area contributed by atoms with E-state index < -0.39 is 12.5 Å². The van der Waals surface area contributed by atoms with Crippen molar-refractivity contribution in [2.24, 2.45) is 0 Å². The van der Waals surface area contributed by atoms with Gasteiger partial charge in [-0.25, -0.2) is 4.98 Å². The Balaban J connectivity index is 1.06. The van der Waals surface area contributed by atoms with Gasteiger partial charge in [-0.3, -0.25) is 9.53 Å². The molecule has 3 heterocycles. The minimum absolute atomic E-state index is 0.205. The summed E-state index contributed by atoms with van der Waals surface area (Å²) in [6.07, 6.45) is 0.634. The van der Waals surface area contributed by atoms with Crippen LogP contribution < -0.4 is 5.32 Å². The molecule has 1 N–H and O–H groups in total. The van der Waals surface area contributed by atoms with Crippen molar-refractivity contribution in [2.75, 3.05) is 0 Å². The van der Waals surface area contributed by atoms with Gasteiger partial charge in [-0.05, 0) is 56.7 Å². The van der Waals surface area contributed by atoms with Crippen LogP contribution in [0.4, 0.5) is 13.2 Å². The van der Waals surface area contributed by atoms with Gasteiger partial charge >= 0.3 is 6.36 Å². The van der Waals surface area contributed by atoms with Gasteiger partial charge in [0.2, 0.25) is 11.8 Å². The van der Waals surface area contributed by atoms with Crippen molar-refractivity contribution in [3.63, 3.8) is 0 Å². The van der Waals surface area contributed by atoms with E-state index in [0.717, 1.165) is 11.2 Å². The van der Waals surface area contributed by atoms with Crippen molar-refractivity contribution in [3.05, 3.63) is 47.6 Å². The lowest BCUT2D eigenvalue weighted by Gasteiger charge is -2.68. The first-order valence-corrected chi connectivity index (χ1v) is 10.5. The van der Waals surface area contributed by atoms with E-state index in [1.807, 2.05) is 29.7 Å². The molecule has 4 fully saturated rings. The molecule has 32 heavy (non-hydrogen) atoms. The first-order chi connectivity index (χ1) is 15.1. The van der Waals surface area contributed by atoms with Gasteiger partial charge in [0.15, 0.2) is 0 Å². The first-order valence-electron chi connectivity index (χ1n) is 10.5. The molecule has 0 atom stereocenters. The van der Waals surface area contributed by atoms with Crippen molar-refractivity contribution >= 4 is 11.6 Å². The molecule has 11 heteroatoms. The number of amides is 1. The zero-order valence-electron chi connectivity index (χ0n) is 17.1. The molecular formula is C21H20F3N5O3. The number of nitrogens with one attached hydrogen (secondary N) is 1. The van der Waals surface area contributed by atoms with Crippen molar-refractivity contribution in [1.29, 1.82) is 0 Å². The van der Waals surface area contributed by atoms with Crippen LogP contribution in [-0.4, -0.2) is 43.5 Å². The molecule has 0 saturated heterocycles. The number of fused-ring (bicyclic) bond motifs is 1. The lowest BCUT2D eigenvalue weighted by molar-refractivity contribution is -0.352. The predicted octanol–water partition coefficient (Wildman–Crippen LogP) is 3.41. The largest absolute Gasteiger partial charge is 0.522 e. The van der Waals surface area contributed by atoms with Gasteiger partial charge in [0.05, 0.1) is 11.5 Å². The van der Waals surface area contributed by atoms with E-state index >= 15 is 0 Å². The number of alkyl halides is 3. The van der Waals surface area contributed by atoms with Crippen LogP contribution in [-0.2, 0) is 10.2 Å². The Bertz CT molecular complexity index is 1210. The highest BCUT2D eigenvalue weighted by molar-refractivity contribution is 5.93. The van der Waals surface area contributed by atoms with Crippen LogP contribution >= 0.6 is 0 Å². The van der Waals surface area contributed by atoms with E-state index in [2.05, 4.69) is 25.2 Å². The third-order valence-electron chi connectivity index (χ3n) is 6.90. The van der Waals surface area contributed by atoms with Crippen LogP contribution in [0.3, 0.4) is 0 Å². The molecule has 4 aliphatic carbocycles. The van der Waals surface area contributed by atoms with Gasteiger partial charge in [-0.2, -0.15) is 0 Å². The summed E-state index contributed by atoms with van der Waals surface area (Å²) in [6.45, 7) is 1.97. The maximum atomic E-state index is 12.7. The quantitative estimate of drug-likeness (QED) is 0.644. The number of ether oxygens (including phenoxy) is 1. The monoisotopic (exact) mass is 447 g/mol. The van der Waals surface area contributed by atoms with Crippen molar-refractivity contribution in [3.8, 4) is 0 Å². The zero-order valence-corrected chi connectivity index (χ0v) is 17.1. The standard InChI is InChI=1S/C21H20F3N5O3/c1-11-2-3-29-7-14(25-15(29)4-11)16(30)26-20-8-19(9-20,10-20)18-28-27-17(31-18)12-5-13(6-12)32-21(22,23)24/h2-4,7,12-13H,5-6,8-10H2,1H3,(H,26,30). The highest BCUT2D eigenvalue weighted by Crippen LogP contribution is 2.67.